The summed E-state index contributed by atoms with van der Waals surface area (Å²) in [6, 6.07) is 20.8. The number of carbonyl (C=O) groups is 4. The van der Waals surface area contributed by atoms with Gasteiger partial charge in [-0.15, -0.1) is 0 Å². The number of benzene rings is 3. The third-order valence-electron chi connectivity index (χ3n) is 8.60. The lowest BCUT2D eigenvalue weighted by atomic mass is 9.74. The van der Waals surface area contributed by atoms with E-state index in [9.17, 15) is 23.6 Å². The molecular formula is C33H33FN2O5. The van der Waals surface area contributed by atoms with E-state index in [2.05, 4.69) is 0 Å². The third-order valence-corrected chi connectivity index (χ3v) is 8.60. The number of halogens is 1. The Morgan fingerprint density at radius 1 is 0.878 bits per heavy atom. The van der Waals surface area contributed by atoms with E-state index in [0.717, 1.165) is 10.5 Å². The number of hydrogen-bond acceptors (Lipinski definition) is 5. The lowest BCUT2D eigenvalue weighted by molar-refractivity contribution is -0.164. The fourth-order valence-electron chi connectivity index (χ4n) is 6.35. The van der Waals surface area contributed by atoms with Gasteiger partial charge < -0.3 is 9.64 Å². The van der Waals surface area contributed by atoms with E-state index in [0.29, 0.717) is 31.2 Å². The van der Waals surface area contributed by atoms with Crippen LogP contribution in [0.1, 0.15) is 77.4 Å². The van der Waals surface area contributed by atoms with Gasteiger partial charge in [0.1, 0.15) is 19.0 Å². The number of carbonyl (C=O) groups excluding carboxylic acids is 4. The average molecular weight is 557 g/mol. The zero-order valence-electron chi connectivity index (χ0n) is 23.2. The van der Waals surface area contributed by atoms with E-state index in [4.69, 9.17) is 4.74 Å². The van der Waals surface area contributed by atoms with Crippen LogP contribution in [-0.4, -0.2) is 46.1 Å². The molecule has 41 heavy (non-hydrogen) atoms. The van der Waals surface area contributed by atoms with Crippen LogP contribution in [0.25, 0.3) is 0 Å². The molecule has 0 aliphatic carbocycles. The standard InChI is InChI=1S/C33H33FN2O5/c1-3-33(4-2,32(40)41-21-22-11-6-5-7-12-22)28-18-17-27(23-13-10-14-24(34)19-23)36(28)29(37)20-35-30(38)25-15-8-9-16-26(25)31(35)39/h5-16,19,27-28H,3-4,17-18,20-21H2,1-2H3/t27-,28+/m0/s1. The second-order valence-electron chi connectivity index (χ2n) is 10.6. The topological polar surface area (TPSA) is 84.0 Å². The van der Waals surface area contributed by atoms with Crippen molar-refractivity contribution >= 4 is 23.7 Å². The van der Waals surface area contributed by atoms with Crippen molar-refractivity contribution in [3.05, 3.63) is 107 Å². The van der Waals surface area contributed by atoms with Gasteiger partial charge in [-0.05, 0) is 61.1 Å². The lowest BCUT2D eigenvalue weighted by Gasteiger charge is -2.42. The van der Waals surface area contributed by atoms with Crippen LogP contribution in [0.4, 0.5) is 4.39 Å². The molecule has 2 aliphatic rings. The van der Waals surface area contributed by atoms with E-state index in [-0.39, 0.29) is 17.7 Å². The number of esters is 1. The van der Waals surface area contributed by atoms with Crippen LogP contribution in [-0.2, 0) is 20.9 Å². The summed E-state index contributed by atoms with van der Waals surface area (Å²) in [5, 5.41) is 0. The highest BCUT2D eigenvalue weighted by Gasteiger charge is 2.53. The number of fused-ring (bicyclic) bond motifs is 1. The first-order valence-corrected chi connectivity index (χ1v) is 14.0. The molecule has 2 aliphatic heterocycles. The first-order valence-electron chi connectivity index (χ1n) is 14.0. The predicted octanol–water partition coefficient (Wildman–Crippen LogP) is 5.70. The van der Waals surface area contributed by atoms with Crippen molar-refractivity contribution in [3.63, 3.8) is 0 Å². The van der Waals surface area contributed by atoms with Crippen molar-refractivity contribution in [2.75, 3.05) is 6.54 Å². The van der Waals surface area contributed by atoms with Gasteiger partial charge in [-0.1, -0.05) is 68.4 Å². The molecule has 0 unspecified atom stereocenters. The van der Waals surface area contributed by atoms with Gasteiger partial charge in [0.15, 0.2) is 0 Å². The maximum Gasteiger partial charge on any atom is 0.314 e. The van der Waals surface area contributed by atoms with Crippen LogP contribution in [0.15, 0.2) is 78.9 Å². The molecule has 8 heteroatoms. The molecular weight excluding hydrogens is 523 g/mol. The van der Waals surface area contributed by atoms with Gasteiger partial charge >= 0.3 is 5.97 Å². The molecule has 0 N–H and O–H groups in total. The van der Waals surface area contributed by atoms with Gasteiger partial charge in [-0.3, -0.25) is 24.1 Å². The Balaban J connectivity index is 1.47. The first kappa shape index (κ1) is 28.2. The van der Waals surface area contributed by atoms with E-state index < -0.39 is 53.6 Å². The van der Waals surface area contributed by atoms with Crippen LogP contribution < -0.4 is 0 Å². The zero-order valence-corrected chi connectivity index (χ0v) is 23.2. The Morgan fingerprint density at radius 3 is 2.12 bits per heavy atom. The molecule has 2 atom stereocenters. The fourth-order valence-corrected chi connectivity index (χ4v) is 6.35. The van der Waals surface area contributed by atoms with Crippen LogP contribution in [0.2, 0.25) is 0 Å². The van der Waals surface area contributed by atoms with Gasteiger partial charge in [0, 0.05) is 6.04 Å². The summed E-state index contributed by atoms with van der Waals surface area (Å²) in [6.07, 6.45) is 1.80. The number of hydrogen-bond donors (Lipinski definition) is 0. The van der Waals surface area contributed by atoms with Gasteiger partial charge in [-0.25, -0.2) is 4.39 Å². The number of likely N-dealkylation sites (tertiary alicyclic amines) is 1. The predicted molar refractivity (Wildman–Crippen MR) is 150 cm³/mol. The second kappa shape index (κ2) is 11.6. The zero-order chi connectivity index (χ0) is 29.1. The van der Waals surface area contributed by atoms with Crippen LogP contribution in [0.3, 0.4) is 0 Å². The maximum atomic E-state index is 14.3. The number of amides is 3. The minimum absolute atomic E-state index is 0.102. The average Bonchev–Trinajstić information content (AvgIpc) is 3.54. The smallest absolute Gasteiger partial charge is 0.314 e. The summed E-state index contributed by atoms with van der Waals surface area (Å²) < 4.78 is 20.1. The van der Waals surface area contributed by atoms with E-state index in [1.54, 1.807) is 41.3 Å². The molecule has 1 saturated heterocycles. The van der Waals surface area contributed by atoms with Crippen molar-refractivity contribution in [1.82, 2.24) is 9.80 Å². The molecule has 1 fully saturated rings. The fraction of sp³-hybridized carbons (Fsp3) is 0.333. The number of rotatable bonds is 9. The van der Waals surface area contributed by atoms with E-state index in [1.807, 2.05) is 44.2 Å². The highest BCUT2D eigenvalue weighted by atomic mass is 19.1. The molecule has 5 rings (SSSR count). The van der Waals surface area contributed by atoms with Crippen molar-refractivity contribution in [2.45, 2.75) is 58.2 Å². The number of nitrogens with zero attached hydrogens (tertiary/aromatic N) is 2. The highest BCUT2D eigenvalue weighted by molar-refractivity contribution is 6.22. The Morgan fingerprint density at radius 2 is 1.51 bits per heavy atom. The molecule has 0 bridgehead atoms. The molecule has 3 aromatic rings. The molecule has 0 spiro atoms. The van der Waals surface area contributed by atoms with Crippen LogP contribution >= 0.6 is 0 Å². The second-order valence-corrected chi connectivity index (χ2v) is 10.6. The third kappa shape index (κ3) is 5.14. The SMILES string of the molecule is CCC(CC)(C(=O)OCc1ccccc1)[C@H]1CC[C@@H](c2cccc(F)c2)N1C(=O)CN1C(=O)c2ccccc2C1=O. The molecule has 0 radical (unpaired) electrons. The largest absolute Gasteiger partial charge is 0.460 e. The molecule has 0 saturated carbocycles. The van der Waals surface area contributed by atoms with Gasteiger partial charge in [0.05, 0.1) is 22.6 Å². The normalized spacial score (nSPS) is 18.5. The van der Waals surface area contributed by atoms with Crippen LogP contribution in [0, 0.1) is 11.2 Å². The highest BCUT2D eigenvalue weighted by Crippen LogP contribution is 2.47. The maximum absolute atomic E-state index is 14.3. The van der Waals surface area contributed by atoms with Crippen molar-refractivity contribution in [3.8, 4) is 0 Å². The minimum Gasteiger partial charge on any atom is -0.460 e. The molecule has 7 nitrogen and oxygen atoms in total. The summed E-state index contributed by atoms with van der Waals surface area (Å²) >= 11 is 0. The quantitative estimate of drug-likeness (QED) is 0.249. The number of ether oxygens (including phenoxy) is 1. The van der Waals surface area contributed by atoms with E-state index >= 15 is 0 Å². The Bertz CT molecular complexity index is 1430. The lowest BCUT2D eigenvalue weighted by Crippen LogP contribution is -2.54. The van der Waals surface area contributed by atoms with Gasteiger partial charge in [-0.2, -0.15) is 0 Å². The molecule has 2 heterocycles. The summed E-state index contributed by atoms with van der Waals surface area (Å²) in [7, 11) is 0. The van der Waals surface area contributed by atoms with Crippen molar-refractivity contribution in [2.24, 2.45) is 5.41 Å². The van der Waals surface area contributed by atoms with Gasteiger partial charge in [0.25, 0.3) is 11.8 Å². The van der Waals surface area contributed by atoms with Gasteiger partial charge in [0.2, 0.25) is 5.91 Å². The molecule has 212 valence electrons. The molecule has 3 amide bonds. The summed E-state index contributed by atoms with van der Waals surface area (Å²) in [5.74, 6) is -2.38. The monoisotopic (exact) mass is 556 g/mol. The number of imide groups is 1. The first-order chi connectivity index (χ1) is 19.8. The molecule has 0 aromatic heterocycles. The van der Waals surface area contributed by atoms with Crippen LogP contribution in [0.5, 0.6) is 0 Å². The summed E-state index contributed by atoms with van der Waals surface area (Å²) in [6.45, 7) is 3.42. The Hall–Kier alpha value is -4.33. The van der Waals surface area contributed by atoms with Crippen molar-refractivity contribution < 1.29 is 28.3 Å². The summed E-state index contributed by atoms with van der Waals surface area (Å²) in [4.78, 5) is 56.7. The Labute approximate surface area is 238 Å². The summed E-state index contributed by atoms with van der Waals surface area (Å²) in [5.41, 5.74) is 0.928. The minimum atomic E-state index is -1.03. The molecule has 3 aromatic carbocycles. The van der Waals surface area contributed by atoms with E-state index in [1.165, 1.54) is 12.1 Å². The van der Waals surface area contributed by atoms with Crippen molar-refractivity contribution in [1.29, 1.82) is 0 Å². The Kier molecular flexibility index (Phi) is 8.01.